The fourth-order valence-corrected chi connectivity index (χ4v) is 2.40. The third-order valence-electron chi connectivity index (χ3n) is 3.15. The molecule has 0 bridgehead atoms. The molecule has 6 heteroatoms. The fraction of sp³-hybridized carbons (Fsp3) is 0.214. The number of nitrogens with one attached hydrogen (secondary N) is 1. The second-order valence-electron chi connectivity index (χ2n) is 4.45. The molecular weight excluding hydrogens is 276 g/mol. The molecule has 3 rings (SSSR count). The predicted octanol–water partition coefficient (Wildman–Crippen LogP) is 1.37. The van der Waals surface area contributed by atoms with E-state index in [0.717, 1.165) is 0 Å². The van der Waals surface area contributed by atoms with Gasteiger partial charge in [0, 0.05) is 29.5 Å². The maximum Gasteiger partial charge on any atom is 0.207 e. The van der Waals surface area contributed by atoms with Crippen molar-refractivity contribution < 1.29 is 5.11 Å². The maximum atomic E-state index is 11.2. The predicted molar refractivity (Wildman–Crippen MR) is 76.8 cm³/mol. The van der Waals surface area contributed by atoms with Crippen LogP contribution in [0.5, 0.6) is 0 Å². The van der Waals surface area contributed by atoms with E-state index in [1.165, 1.54) is 0 Å². The van der Waals surface area contributed by atoms with Crippen LogP contribution < -0.4 is 5.32 Å². The first-order valence-electron chi connectivity index (χ1n) is 6.26. The zero-order valence-corrected chi connectivity index (χ0v) is 11.4. The van der Waals surface area contributed by atoms with Gasteiger partial charge < -0.3 is 10.4 Å². The van der Waals surface area contributed by atoms with Crippen molar-refractivity contribution in [2.75, 3.05) is 13.1 Å². The number of amidine groups is 1. The standard InChI is InChI=1S/C14H13ClN4O/c15-11-4-1-3-10(9-11)14(20,13-18-7-8-19-13)12-16-5-2-6-17-12/h1-6,9,20H,7-8H2,(H,18,19). The molecule has 1 unspecified atom stereocenters. The van der Waals surface area contributed by atoms with Crippen LogP contribution in [0.3, 0.4) is 0 Å². The average molecular weight is 289 g/mol. The lowest BCUT2D eigenvalue weighted by Gasteiger charge is -2.27. The lowest BCUT2D eigenvalue weighted by Crippen LogP contribution is -2.44. The summed E-state index contributed by atoms with van der Waals surface area (Å²) in [5, 5.41) is 14.8. The average Bonchev–Trinajstić information content (AvgIpc) is 3.02. The molecular formula is C14H13ClN4O. The van der Waals surface area contributed by atoms with Crippen LogP contribution in [0.2, 0.25) is 5.02 Å². The van der Waals surface area contributed by atoms with Gasteiger partial charge in [-0.3, -0.25) is 4.99 Å². The van der Waals surface area contributed by atoms with Crippen molar-refractivity contribution >= 4 is 17.4 Å². The molecule has 1 aliphatic heterocycles. The third kappa shape index (κ3) is 2.15. The van der Waals surface area contributed by atoms with Gasteiger partial charge in [-0.25, -0.2) is 9.97 Å². The van der Waals surface area contributed by atoms with Gasteiger partial charge in [0.1, 0.15) is 5.84 Å². The zero-order chi connectivity index (χ0) is 14.0. The van der Waals surface area contributed by atoms with Crippen LogP contribution in [0, 0.1) is 0 Å². The van der Waals surface area contributed by atoms with Crippen LogP contribution in [0.1, 0.15) is 11.4 Å². The molecule has 0 saturated heterocycles. The molecule has 0 fully saturated rings. The molecule has 20 heavy (non-hydrogen) atoms. The van der Waals surface area contributed by atoms with Crippen molar-refractivity contribution in [3.63, 3.8) is 0 Å². The molecule has 0 spiro atoms. The number of benzene rings is 1. The molecule has 1 aromatic carbocycles. The first-order valence-corrected chi connectivity index (χ1v) is 6.64. The highest BCUT2D eigenvalue weighted by Gasteiger charge is 2.41. The van der Waals surface area contributed by atoms with Crippen molar-refractivity contribution in [2.24, 2.45) is 4.99 Å². The zero-order valence-electron chi connectivity index (χ0n) is 10.6. The molecule has 0 radical (unpaired) electrons. The number of rotatable bonds is 3. The van der Waals surface area contributed by atoms with Crippen LogP contribution in [0.15, 0.2) is 47.7 Å². The molecule has 5 nitrogen and oxygen atoms in total. The van der Waals surface area contributed by atoms with Gasteiger partial charge in [0.25, 0.3) is 0 Å². The van der Waals surface area contributed by atoms with Gasteiger partial charge in [-0.15, -0.1) is 0 Å². The summed E-state index contributed by atoms with van der Waals surface area (Å²) >= 11 is 6.03. The van der Waals surface area contributed by atoms with E-state index in [1.54, 1.807) is 42.7 Å². The van der Waals surface area contributed by atoms with Gasteiger partial charge in [-0.1, -0.05) is 23.7 Å². The third-order valence-corrected chi connectivity index (χ3v) is 3.38. The summed E-state index contributed by atoms with van der Waals surface area (Å²) in [6.45, 7) is 1.30. The first-order chi connectivity index (χ1) is 9.71. The summed E-state index contributed by atoms with van der Waals surface area (Å²) < 4.78 is 0. The van der Waals surface area contributed by atoms with E-state index in [1.807, 2.05) is 0 Å². The Bertz CT molecular complexity index is 647. The van der Waals surface area contributed by atoms with Crippen molar-refractivity contribution in [3.8, 4) is 0 Å². The fourth-order valence-electron chi connectivity index (χ4n) is 2.21. The normalized spacial score (nSPS) is 17.2. The van der Waals surface area contributed by atoms with E-state index in [0.29, 0.717) is 29.5 Å². The molecule has 0 aliphatic carbocycles. The van der Waals surface area contributed by atoms with Crippen LogP contribution in [-0.2, 0) is 5.60 Å². The number of hydrogen-bond acceptors (Lipinski definition) is 5. The van der Waals surface area contributed by atoms with E-state index >= 15 is 0 Å². The minimum atomic E-state index is -1.51. The molecule has 2 aromatic rings. The number of nitrogens with zero attached hydrogens (tertiary/aromatic N) is 3. The topological polar surface area (TPSA) is 70.4 Å². The second kappa shape index (κ2) is 5.19. The van der Waals surface area contributed by atoms with Gasteiger partial charge in [0.15, 0.2) is 5.82 Å². The number of aliphatic hydroxyl groups is 1. The van der Waals surface area contributed by atoms with Gasteiger partial charge in [-0.2, -0.15) is 0 Å². The Kier molecular flexibility index (Phi) is 3.38. The molecule has 0 amide bonds. The van der Waals surface area contributed by atoms with E-state index in [9.17, 15) is 5.11 Å². The minimum absolute atomic E-state index is 0.274. The molecule has 2 heterocycles. The van der Waals surface area contributed by atoms with Crippen molar-refractivity contribution in [3.05, 3.63) is 59.1 Å². The van der Waals surface area contributed by atoms with E-state index in [2.05, 4.69) is 20.3 Å². The van der Waals surface area contributed by atoms with Crippen molar-refractivity contribution in [1.82, 2.24) is 15.3 Å². The SMILES string of the molecule is OC(C1=NCCN1)(c1cccc(Cl)c1)c1ncccn1. The molecule has 0 saturated carbocycles. The second-order valence-corrected chi connectivity index (χ2v) is 4.89. The number of aliphatic imine (C=N–C) groups is 1. The Morgan fingerprint density at radius 3 is 2.65 bits per heavy atom. The van der Waals surface area contributed by atoms with Crippen molar-refractivity contribution in [1.29, 1.82) is 0 Å². The highest BCUT2D eigenvalue weighted by molar-refractivity contribution is 6.30. The number of hydrogen-bond donors (Lipinski definition) is 2. The lowest BCUT2D eigenvalue weighted by molar-refractivity contribution is 0.142. The number of halogens is 1. The molecule has 1 atom stereocenters. The highest BCUT2D eigenvalue weighted by Crippen LogP contribution is 2.30. The summed E-state index contributed by atoms with van der Waals surface area (Å²) in [5.74, 6) is 0.724. The maximum absolute atomic E-state index is 11.2. The Morgan fingerprint density at radius 1 is 1.20 bits per heavy atom. The van der Waals surface area contributed by atoms with E-state index < -0.39 is 5.60 Å². The Labute approximate surface area is 121 Å². The largest absolute Gasteiger partial charge is 0.371 e. The van der Waals surface area contributed by atoms with Crippen LogP contribution >= 0.6 is 11.6 Å². The van der Waals surface area contributed by atoms with Crippen LogP contribution in [0.4, 0.5) is 0 Å². The van der Waals surface area contributed by atoms with E-state index in [4.69, 9.17) is 11.6 Å². The van der Waals surface area contributed by atoms with Crippen LogP contribution in [-0.4, -0.2) is 34.0 Å². The lowest BCUT2D eigenvalue weighted by atomic mass is 9.91. The quantitative estimate of drug-likeness (QED) is 0.895. The van der Waals surface area contributed by atoms with E-state index in [-0.39, 0.29) is 5.82 Å². The van der Waals surface area contributed by atoms with Gasteiger partial charge >= 0.3 is 0 Å². The monoisotopic (exact) mass is 288 g/mol. The Balaban J connectivity index is 2.18. The van der Waals surface area contributed by atoms with Gasteiger partial charge in [-0.05, 0) is 18.2 Å². The summed E-state index contributed by atoms with van der Waals surface area (Å²) in [5.41, 5.74) is -0.924. The summed E-state index contributed by atoms with van der Waals surface area (Å²) in [6, 6.07) is 8.71. The molecule has 2 N–H and O–H groups in total. The molecule has 1 aliphatic rings. The van der Waals surface area contributed by atoms with Crippen molar-refractivity contribution in [2.45, 2.75) is 5.60 Å². The summed E-state index contributed by atoms with van der Waals surface area (Å²) in [7, 11) is 0. The van der Waals surface area contributed by atoms with Gasteiger partial charge in [0.05, 0.1) is 6.54 Å². The smallest absolute Gasteiger partial charge is 0.207 e. The Hall–Kier alpha value is -1.98. The molecule has 102 valence electrons. The minimum Gasteiger partial charge on any atom is -0.371 e. The molecule has 1 aromatic heterocycles. The van der Waals surface area contributed by atoms with Gasteiger partial charge in [0.2, 0.25) is 5.60 Å². The number of aromatic nitrogens is 2. The first kappa shape index (κ1) is 13.0. The summed E-state index contributed by atoms with van der Waals surface area (Å²) in [4.78, 5) is 12.7. The summed E-state index contributed by atoms with van der Waals surface area (Å²) in [6.07, 6.45) is 3.18. The highest BCUT2D eigenvalue weighted by atomic mass is 35.5. The van der Waals surface area contributed by atoms with Crippen LogP contribution in [0.25, 0.3) is 0 Å². The Morgan fingerprint density at radius 2 is 2.00 bits per heavy atom.